The molecule has 28 heavy (non-hydrogen) atoms. The lowest BCUT2D eigenvalue weighted by molar-refractivity contribution is -0.111. The van der Waals surface area contributed by atoms with Gasteiger partial charge in [-0.05, 0) is 35.7 Å². The molecule has 0 radical (unpaired) electrons. The number of pyridine rings is 1. The summed E-state index contributed by atoms with van der Waals surface area (Å²) in [6, 6.07) is 18.6. The minimum atomic E-state index is -0.322. The topological polar surface area (TPSA) is 94.9 Å². The zero-order chi connectivity index (χ0) is 19.9. The Labute approximate surface area is 162 Å². The molecule has 2 amide bonds. The van der Waals surface area contributed by atoms with Crippen LogP contribution < -0.4 is 10.6 Å². The van der Waals surface area contributed by atoms with Crippen LogP contribution in [0.5, 0.6) is 0 Å². The van der Waals surface area contributed by atoms with Gasteiger partial charge in [-0.15, -0.1) is 0 Å². The SMILES string of the molecule is C=CC(=O)Nc1cccc2ccc(-c3cccc(C(=O)NCCC#N)n3)cc12. The van der Waals surface area contributed by atoms with Gasteiger partial charge in [-0.1, -0.05) is 36.9 Å². The molecule has 0 fully saturated rings. The van der Waals surface area contributed by atoms with Crippen molar-refractivity contribution in [3.63, 3.8) is 0 Å². The second-order valence-electron chi connectivity index (χ2n) is 6.01. The van der Waals surface area contributed by atoms with Crippen molar-refractivity contribution < 1.29 is 9.59 Å². The van der Waals surface area contributed by atoms with Crippen LogP contribution in [-0.2, 0) is 4.79 Å². The number of rotatable bonds is 6. The summed E-state index contributed by atoms with van der Waals surface area (Å²) in [6.07, 6.45) is 1.47. The van der Waals surface area contributed by atoms with Crippen LogP contribution in [0.2, 0.25) is 0 Å². The number of carbonyl (C=O) groups excluding carboxylic acids is 2. The highest BCUT2D eigenvalue weighted by Gasteiger charge is 2.10. The first-order chi connectivity index (χ1) is 13.6. The fourth-order valence-electron chi connectivity index (χ4n) is 2.77. The fraction of sp³-hybridized carbons (Fsp3) is 0.0909. The van der Waals surface area contributed by atoms with Crippen molar-refractivity contribution in [2.24, 2.45) is 0 Å². The summed E-state index contributed by atoms with van der Waals surface area (Å²) in [5, 5.41) is 15.9. The first-order valence-corrected chi connectivity index (χ1v) is 8.71. The summed E-state index contributed by atoms with van der Waals surface area (Å²) in [4.78, 5) is 28.3. The lowest BCUT2D eigenvalue weighted by atomic mass is 10.0. The molecule has 6 heteroatoms. The maximum Gasteiger partial charge on any atom is 0.269 e. The molecule has 0 atom stereocenters. The molecule has 138 valence electrons. The summed E-state index contributed by atoms with van der Waals surface area (Å²) < 4.78 is 0. The third-order valence-corrected chi connectivity index (χ3v) is 4.13. The van der Waals surface area contributed by atoms with Crippen molar-refractivity contribution in [2.75, 3.05) is 11.9 Å². The van der Waals surface area contributed by atoms with Crippen molar-refractivity contribution >= 4 is 28.3 Å². The second-order valence-corrected chi connectivity index (χ2v) is 6.01. The lowest BCUT2D eigenvalue weighted by Crippen LogP contribution is -2.25. The molecule has 0 bridgehead atoms. The van der Waals surface area contributed by atoms with Crippen molar-refractivity contribution in [1.29, 1.82) is 5.26 Å². The van der Waals surface area contributed by atoms with E-state index in [-0.39, 0.29) is 30.5 Å². The minimum Gasteiger partial charge on any atom is -0.350 e. The molecule has 2 N–H and O–H groups in total. The molecule has 6 nitrogen and oxygen atoms in total. The molecular weight excluding hydrogens is 352 g/mol. The number of nitriles is 1. The van der Waals surface area contributed by atoms with E-state index in [4.69, 9.17) is 5.26 Å². The molecule has 0 aliphatic rings. The maximum atomic E-state index is 12.2. The average Bonchev–Trinajstić information content (AvgIpc) is 2.73. The first-order valence-electron chi connectivity index (χ1n) is 8.71. The largest absolute Gasteiger partial charge is 0.350 e. The number of hydrogen-bond donors (Lipinski definition) is 2. The van der Waals surface area contributed by atoms with Gasteiger partial charge in [0.2, 0.25) is 5.91 Å². The molecule has 0 unspecified atom stereocenters. The summed E-state index contributed by atoms with van der Waals surface area (Å²) >= 11 is 0. The van der Waals surface area contributed by atoms with Crippen molar-refractivity contribution in [3.8, 4) is 17.3 Å². The van der Waals surface area contributed by atoms with Crippen LogP contribution in [0, 0.1) is 11.3 Å². The highest BCUT2D eigenvalue weighted by atomic mass is 16.2. The van der Waals surface area contributed by atoms with E-state index >= 15 is 0 Å². The number of nitrogens with one attached hydrogen (secondary N) is 2. The standard InChI is InChI=1S/C22H18N4O2/c1-2-21(27)26-19-8-3-6-15-10-11-16(14-17(15)19)18-7-4-9-20(25-18)22(28)24-13-5-12-23/h2-4,6-11,14H,1,5,13H2,(H,24,28)(H,26,27). The number of benzene rings is 2. The number of nitrogens with zero attached hydrogens (tertiary/aromatic N) is 2. The van der Waals surface area contributed by atoms with Crippen LogP contribution in [0.25, 0.3) is 22.0 Å². The van der Waals surface area contributed by atoms with Crippen LogP contribution in [0.3, 0.4) is 0 Å². The van der Waals surface area contributed by atoms with Gasteiger partial charge >= 0.3 is 0 Å². The van der Waals surface area contributed by atoms with Gasteiger partial charge in [0.25, 0.3) is 5.91 Å². The number of fused-ring (bicyclic) bond motifs is 1. The van der Waals surface area contributed by atoms with E-state index in [9.17, 15) is 9.59 Å². The van der Waals surface area contributed by atoms with Crippen molar-refractivity contribution in [2.45, 2.75) is 6.42 Å². The highest BCUT2D eigenvalue weighted by molar-refractivity contribution is 6.06. The van der Waals surface area contributed by atoms with Crippen molar-refractivity contribution in [1.82, 2.24) is 10.3 Å². The minimum absolute atomic E-state index is 0.245. The maximum absolute atomic E-state index is 12.2. The summed E-state index contributed by atoms with van der Waals surface area (Å²) in [5.74, 6) is -0.608. The molecule has 0 saturated carbocycles. The van der Waals surface area contributed by atoms with E-state index in [0.29, 0.717) is 11.4 Å². The smallest absolute Gasteiger partial charge is 0.269 e. The first kappa shape index (κ1) is 18.8. The Morgan fingerprint density at radius 2 is 1.96 bits per heavy atom. The van der Waals surface area contributed by atoms with E-state index in [1.807, 2.05) is 48.5 Å². The average molecular weight is 370 g/mol. The monoisotopic (exact) mass is 370 g/mol. The predicted molar refractivity (Wildman–Crippen MR) is 109 cm³/mol. The highest BCUT2D eigenvalue weighted by Crippen LogP contribution is 2.28. The molecule has 3 rings (SSSR count). The van der Waals surface area contributed by atoms with Crippen LogP contribution in [0.15, 0.2) is 67.3 Å². The normalized spacial score (nSPS) is 10.1. The Morgan fingerprint density at radius 1 is 1.14 bits per heavy atom. The Bertz CT molecular complexity index is 1100. The molecule has 3 aromatic rings. The van der Waals surface area contributed by atoms with Gasteiger partial charge in [0, 0.05) is 23.2 Å². The molecule has 0 aliphatic heterocycles. The fourth-order valence-corrected chi connectivity index (χ4v) is 2.77. The molecule has 0 aliphatic carbocycles. The van der Waals surface area contributed by atoms with Crippen LogP contribution in [0.1, 0.15) is 16.9 Å². The summed E-state index contributed by atoms with van der Waals surface area (Å²) in [7, 11) is 0. The number of carbonyl (C=O) groups is 2. The van der Waals surface area contributed by atoms with Crippen LogP contribution >= 0.6 is 0 Å². The van der Waals surface area contributed by atoms with E-state index in [0.717, 1.165) is 16.3 Å². The van der Waals surface area contributed by atoms with E-state index in [1.54, 1.807) is 12.1 Å². The van der Waals surface area contributed by atoms with Gasteiger partial charge in [0.1, 0.15) is 5.69 Å². The van der Waals surface area contributed by atoms with Crippen LogP contribution in [-0.4, -0.2) is 23.3 Å². The molecule has 1 aromatic heterocycles. The summed E-state index contributed by atoms with van der Waals surface area (Å²) in [6.45, 7) is 3.76. The summed E-state index contributed by atoms with van der Waals surface area (Å²) in [5.41, 5.74) is 2.41. The predicted octanol–water partition coefficient (Wildman–Crippen LogP) is 3.67. The number of anilines is 1. The van der Waals surface area contributed by atoms with Crippen molar-refractivity contribution in [3.05, 3.63) is 72.9 Å². The van der Waals surface area contributed by atoms with E-state index in [2.05, 4.69) is 22.2 Å². The Hall–Kier alpha value is -3.98. The molecule has 1 heterocycles. The zero-order valence-electron chi connectivity index (χ0n) is 15.1. The third kappa shape index (κ3) is 4.22. The quantitative estimate of drug-likeness (QED) is 0.511. The molecule has 2 aromatic carbocycles. The number of hydrogen-bond acceptors (Lipinski definition) is 4. The second kappa shape index (κ2) is 8.60. The third-order valence-electron chi connectivity index (χ3n) is 4.13. The molecular formula is C22H18N4O2. The van der Waals surface area contributed by atoms with Crippen LogP contribution in [0.4, 0.5) is 5.69 Å². The number of aromatic nitrogens is 1. The Kier molecular flexibility index (Phi) is 5.78. The Balaban J connectivity index is 1.95. The zero-order valence-corrected chi connectivity index (χ0v) is 15.1. The van der Waals surface area contributed by atoms with Gasteiger partial charge in [0.15, 0.2) is 0 Å². The Morgan fingerprint density at radius 3 is 2.75 bits per heavy atom. The van der Waals surface area contributed by atoms with Gasteiger partial charge < -0.3 is 10.6 Å². The molecule has 0 saturated heterocycles. The lowest BCUT2D eigenvalue weighted by Gasteiger charge is -2.10. The number of amides is 2. The van der Waals surface area contributed by atoms with Gasteiger partial charge in [-0.3, -0.25) is 9.59 Å². The molecule has 0 spiro atoms. The van der Waals surface area contributed by atoms with Gasteiger partial charge in [0.05, 0.1) is 18.2 Å². The van der Waals surface area contributed by atoms with Gasteiger partial charge in [-0.25, -0.2) is 4.98 Å². The van der Waals surface area contributed by atoms with E-state index < -0.39 is 0 Å². The van der Waals surface area contributed by atoms with Gasteiger partial charge in [-0.2, -0.15) is 5.26 Å². The van der Waals surface area contributed by atoms with E-state index in [1.165, 1.54) is 6.08 Å².